The summed E-state index contributed by atoms with van der Waals surface area (Å²) in [5.41, 5.74) is 2.62. The molecule has 0 aromatic heterocycles. The Balaban J connectivity index is 1.55. The quantitative estimate of drug-likeness (QED) is 0.349. The predicted molar refractivity (Wildman–Crippen MR) is 113 cm³/mol. The number of anilines is 1. The number of benzene rings is 2. The highest BCUT2D eigenvalue weighted by Gasteiger charge is 2.13. The number of likely N-dealkylation sites (tertiary alicyclic amines) is 1. The van der Waals surface area contributed by atoms with Crippen molar-refractivity contribution in [1.82, 2.24) is 4.90 Å². The minimum absolute atomic E-state index is 0.150. The number of rotatable bonds is 8. The molecule has 0 amide bonds. The van der Waals surface area contributed by atoms with Crippen molar-refractivity contribution in [2.75, 3.05) is 31.6 Å². The van der Waals surface area contributed by atoms with E-state index in [0.29, 0.717) is 23.7 Å². The molecule has 1 fully saturated rings. The van der Waals surface area contributed by atoms with E-state index in [1.165, 1.54) is 25.9 Å². The molecule has 6 heteroatoms. The zero-order valence-electron chi connectivity index (χ0n) is 15.3. The molecule has 0 spiro atoms. The zero-order valence-corrected chi connectivity index (χ0v) is 16.8. The molecule has 1 aliphatic heterocycles. The molecular weight excluding hydrogens is 381 g/mol. The van der Waals surface area contributed by atoms with Crippen LogP contribution in [0.5, 0.6) is 0 Å². The summed E-state index contributed by atoms with van der Waals surface area (Å²) in [4.78, 5) is 2.45. The lowest BCUT2D eigenvalue weighted by molar-refractivity contribution is 0.254. The molecule has 4 nitrogen and oxygen atoms in total. The summed E-state index contributed by atoms with van der Waals surface area (Å²) in [7, 11) is 0. The van der Waals surface area contributed by atoms with E-state index in [0.717, 1.165) is 29.2 Å². The third kappa shape index (κ3) is 6.13. The Bertz CT molecular complexity index is 759. The summed E-state index contributed by atoms with van der Waals surface area (Å²) >= 11 is 12.1. The van der Waals surface area contributed by atoms with Gasteiger partial charge in [-0.1, -0.05) is 35.3 Å². The van der Waals surface area contributed by atoms with Crippen molar-refractivity contribution in [3.63, 3.8) is 0 Å². The van der Waals surface area contributed by atoms with Crippen LogP contribution in [-0.2, 0) is 11.3 Å². The van der Waals surface area contributed by atoms with Crippen LogP contribution >= 0.6 is 23.2 Å². The highest BCUT2D eigenvalue weighted by molar-refractivity contribution is 6.31. The summed E-state index contributed by atoms with van der Waals surface area (Å²) in [6.07, 6.45) is 3.51. The van der Waals surface area contributed by atoms with Gasteiger partial charge >= 0.3 is 0 Å². The Morgan fingerprint density at radius 2 is 1.74 bits per heavy atom. The minimum Gasteiger partial charge on any atom is -0.478 e. The number of nitrogens with one attached hydrogen (secondary N) is 2. The van der Waals surface area contributed by atoms with Gasteiger partial charge in [0.25, 0.3) is 0 Å². The van der Waals surface area contributed by atoms with Crippen molar-refractivity contribution < 1.29 is 4.74 Å². The maximum absolute atomic E-state index is 8.31. The van der Waals surface area contributed by atoms with Crippen LogP contribution in [0, 0.1) is 5.41 Å². The van der Waals surface area contributed by atoms with Gasteiger partial charge in [0.05, 0.1) is 12.2 Å². The third-order valence-corrected chi connectivity index (χ3v) is 5.17. The number of halogens is 2. The summed E-state index contributed by atoms with van der Waals surface area (Å²) in [6.45, 7) is 4.58. The van der Waals surface area contributed by atoms with Crippen molar-refractivity contribution in [3.05, 3.63) is 63.6 Å². The maximum atomic E-state index is 8.31. The number of ether oxygens (including phenoxy) is 1. The summed E-state index contributed by atoms with van der Waals surface area (Å²) < 4.78 is 5.69. The molecule has 0 atom stereocenters. The van der Waals surface area contributed by atoms with Gasteiger partial charge in [-0.15, -0.1) is 0 Å². The summed E-state index contributed by atoms with van der Waals surface area (Å²) in [5.74, 6) is 0.150. The maximum Gasteiger partial charge on any atom is 0.215 e. The van der Waals surface area contributed by atoms with Crippen LogP contribution in [0.1, 0.15) is 30.4 Å². The number of hydrogen-bond acceptors (Lipinski definition) is 4. The van der Waals surface area contributed by atoms with Crippen LogP contribution in [0.4, 0.5) is 5.69 Å². The Labute approximate surface area is 170 Å². The zero-order chi connectivity index (χ0) is 19.1. The number of hydrogen-bond donors (Lipinski definition) is 2. The van der Waals surface area contributed by atoms with E-state index in [4.69, 9.17) is 33.3 Å². The fourth-order valence-electron chi connectivity index (χ4n) is 3.20. The van der Waals surface area contributed by atoms with Crippen molar-refractivity contribution in [2.45, 2.75) is 25.8 Å². The SMILES string of the molecule is N=C(OCCCN1CCCC1)c1cc(Cl)ccc1NCc1ccc(Cl)cc1. The van der Waals surface area contributed by atoms with Gasteiger partial charge in [-0.25, -0.2) is 0 Å². The Morgan fingerprint density at radius 1 is 1.04 bits per heavy atom. The molecule has 3 rings (SSSR count). The molecule has 1 aliphatic rings. The molecule has 0 bridgehead atoms. The third-order valence-electron chi connectivity index (χ3n) is 4.69. The second kappa shape index (κ2) is 9.98. The van der Waals surface area contributed by atoms with Crippen LogP contribution < -0.4 is 5.32 Å². The van der Waals surface area contributed by atoms with E-state index in [1.807, 2.05) is 36.4 Å². The molecule has 2 aromatic carbocycles. The molecule has 2 aromatic rings. The van der Waals surface area contributed by atoms with Gasteiger partial charge in [-0.3, -0.25) is 5.41 Å². The van der Waals surface area contributed by atoms with Crippen molar-refractivity contribution >= 4 is 34.8 Å². The van der Waals surface area contributed by atoms with Gasteiger partial charge in [-0.05, 0) is 68.2 Å². The number of nitrogens with zero attached hydrogens (tertiary/aromatic N) is 1. The van der Waals surface area contributed by atoms with Gasteiger partial charge in [0.1, 0.15) is 0 Å². The lowest BCUT2D eigenvalue weighted by Gasteiger charge is -2.16. The lowest BCUT2D eigenvalue weighted by Crippen LogP contribution is -2.22. The van der Waals surface area contributed by atoms with Crippen LogP contribution in [-0.4, -0.2) is 37.0 Å². The smallest absolute Gasteiger partial charge is 0.215 e. The topological polar surface area (TPSA) is 48.4 Å². The molecule has 1 saturated heterocycles. The molecule has 0 aliphatic carbocycles. The molecule has 144 valence electrons. The van der Waals surface area contributed by atoms with Crippen LogP contribution in [0.15, 0.2) is 42.5 Å². The molecule has 2 N–H and O–H groups in total. The van der Waals surface area contributed by atoms with Crippen LogP contribution in [0.25, 0.3) is 0 Å². The van der Waals surface area contributed by atoms with Gasteiger partial charge in [-0.2, -0.15) is 0 Å². The lowest BCUT2D eigenvalue weighted by atomic mass is 10.1. The van der Waals surface area contributed by atoms with Gasteiger partial charge in [0, 0.05) is 28.8 Å². The van der Waals surface area contributed by atoms with E-state index in [2.05, 4.69) is 10.2 Å². The summed E-state index contributed by atoms with van der Waals surface area (Å²) in [6, 6.07) is 13.2. The predicted octanol–water partition coefficient (Wildman–Crippen LogP) is 5.43. The molecule has 1 heterocycles. The largest absolute Gasteiger partial charge is 0.478 e. The van der Waals surface area contributed by atoms with E-state index in [-0.39, 0.29) is 5.90 Å². The monoisotopic (exact) mass is 405 g/mol. The first-order valence-corrected chi connectivity index (χ1v) is 10.1. The highest BCUT2D eigenvalue weighted by Crippen LogP contribution is 2.23. The summed E-state index contributed by atoms with van der Waals surface area (Å²) in [5, 5.41) is 13.0. The highest BCUT2D eigenvalue weighted by atomic mass is 35.5. The minimum atomic E-state index is 0.150. The Hall–Kier alpha value is -1.75. The van der Waals surface area contributed by atoms with Crippen LogP contribution in [0.2, 0.25) is 10.0 Å². The van der Waals surface area contributed by atoms with E-state index in [1.54, 1.807) is 6.07 Å². The van der Waals surface area contributed by atoms with Crippen LogP contribution in [0.3, 0.4) is 0 Å². The van der Waals surface area contributed by atoms with Gasteiger partial charge in [0.2, 0.25) is 5.90 Å². The molecule has 0 radical (unpaired) electrons. The fourth-order valence-corrected chi connectivity index (χ4v) is 3.50. The Kier molecular flexibility index (Phi) is 7.39. The average molecular weight is 406 g/mol. The average Bonchev–Trinajstić information content (AvgIpc) is 3.19. The van der Waals surface area contributed by atoms with Gasteiger partial charge < -0.3 is 15.0 Å². The molecule has 0 saturated carbocycles. The second-order valence-corrected chi connectivity index (χ2v) is 7.62. The Morgan fingerprint density at radius 3 is 2.48 bits per heavy atom. The molecule has 27 heavy (non-hydrogen) atoms. The second-order valence-electron chi connectivity index (χ2n) is 6.75. The fraction of sp³-hybridized carbons (Fsp3) is 0.381. The van der Waals surface area contributed by atoms with Gasteiger partial charge in [0.15, 0.2) is 0 Å². The first-order valence-electron chi connectivity index (χ1n) is 9.34. The van der Waals surface area contributed by atoms with E-state index < -0.39 is 0 Å². The first-order chi connectivity index (χ1) is 13.1. The molecule has 0 unspecified atom stereocenters. The standard InChI is InChI=1S/C21H25Cl2N3O/c22-17-6-4-16(5-7-17)15-25-20-9-8-18(23)14-19(20)21(24)27-13-3-12-26-10-1-2-11-26/h4-9,14,24-25H,1-3,10-13,15H2. The van der Waals surface area contributed by atoms with E-state index in [9.17, 15) is 0 Å². The van der Waals surface area contributed by atoms with E-state index >= 15 is 0 Å². The first kappa shape index (κ1) is 20.0. The molecular formula is C21H25Cl2N3O. The normalized spacial score (nSPS) is 14.3. The van der Waals surface area contributed by atoms with Crippen molar-refractivity contribution in [3.8, 4) is 0 Å². The van der Waals surface area contributed by atoms with Crippen molar-refractivity contribution in [1.29, 1.82) is 5.41 Å². The van der Waals surface area contributed by atoms with Crippen molar-refractivity contribution in [2.24, 2.45) is 0 Å².